The predicted molar refractivity (Wildman–Crippen MR) is 65.5 cm³/mol. The highest BCUT2D eigenvalue weighted by Gasteiger charge is 2.06. The van der Waals surface area contributed by atoms with E-state index in [1.54, 1.807) is 22.2 Å². The van der Waals surface area contributed by atoms with Crippen molar-refractivity contribution in [2.45, 2.75) is 6.54 Å². The molecule has 0 aliphatic carbocycles. The second kappa shape index (κ2) is 4.04. The van der Waals surface area contributed by atoms with Crippen molar-refractivity contribution < 1.29 is 0 Å². The number of nitrogens with two attached hydrogens (primary N) is 1. The third-order valence-corrected chi connectivity index (χ3v) is 3.99. The average molecular weight is 337 g/mol. The van der Waals surface area contributed by atoms with E-state index in [0.717, 1.165) is 8.26 Å². The van der Waals surface area contributed by atoms with Crippen LogP contribution in [0.15, 0.2) is 26.6 Å². The number of hydrogen-bond donors (Lipinski definition) is 1. The molecule has 0 spiro atoms. The summed E-state index contributed by atoms with van der Waals surface area (Å²) in [6.07, 6.45) is 1.71. The Balaban J connectivity index is 2.22. The first-order valence-electron chi connectivity index (χ1n) is 3.88. The minimum atomic E-state index is 0.662. The maximum Gasteiger partial charge on any atom is 0.136 e. The maximum atomic E-state index is 5.80. The molecule has 0 saturated carbocycles. The van der Waals surface area contributed by atoms with Crippen molar-refractivity contribution in [2.24, 2.45) is 0 Å². The van der Waals surface area contributed by atoms with E-state index in [1.807, 2.05) is 6.07 Å². The molecule has 14 heavy (non-hydrogen) atoms. The highest BCUT2D eigenvalue weighted by atomic mass is 79.9. The van der Waals surface area contributed by atoms with Crippen molar-refractivity contribution in [3.63, 3.8) is 0 Å². The van der Waals surface area contributed by atoms with Crippen molar-refractivity contribution >= 4 is 49.0 Å². The third-order valence-electron chi connectivity index (χ3n) is 1.77. The van der Waals surface area contributed by atoms with Gasteiger partial charge in [0.2, 0.25) is 0 Å². The number of aromatic nitrogens is 2. The van der Waals surface area contributed by atoms with E-state index >= 15 is 0 Å². The van der Waals surface area contributed by atoms with Gasteiger partial charge >= 0.3 is 0 Å². The van der Waals surface area contributed by atoms with Gasteiger partial charge in [-0.1, -0.05) is 0 Å². The zero-order chi connectivity index (χ0) is 10.1. The van der Waals surface area contributed by atoms with Gasteiger partial charge in [-0.2, -0.15) is 5.10 Å². The minimum absolute atomic E-state index is 0.662. The van der Waals surface area contributed by atoms with Gasteiger partial charge in [-0.15, -0.1) is 11.3 Å². The van der Waals surface area contributed by atoms with Crippen LogP contribution in [0.2, 0.25) is 0 Å². The molecular formula is C8H7Br2N3S. The van der Waals surface area contributed by atoms with Gasteiger partial charge in [0, 0.05) is 4.88 Å². The smallest absolute Gasteiger partial charge is 0.136 e. The second-order valence-electron chi connectivity index (χ2n) is 2.74. The fourth-order valence-electron chi connectivity index (χ4n) is 1.08. The molecule has 0 atom stereocenters. The summed E-state index contributed by atoms with van der Waals surface area (Å²) in [5, 5.41) is 4.16. The van der Waals surface area contributed by atoms with Crippen molar-refractivity contribution in [3.05, 3.63) is 31.5 Å². The van der Waals surface area contributed by atoms with E-state index in [2.05, 4.69) is 43.0 Å². The summed E-state index contributed by atoms with van der Waals surface area (Å²) in [6, 6.07) is 4.08. The standard InChI is InChI=1S/C8H7Br2N3S/c9-6-3-12-13(8(6)11)4-5-1-2-7(10)14-5/h1-3H,4,11H2. The molecule has 2 rings (SSSR count). The lowest BCUT2D eigenvalue weighted by Crippen LogP contribution is -2.04. The molecule has 0 unspecified atom stereocenters. The zero-order valence-electron chi connectivity index (χ0n) is 7.08. The van der Waals surface area contributed by atoms with Gasteiger partial charge in [0.1, 0.15) is 5.82 Å². The number of nitrogen functional groups attached to an aromatic ring is 1. The first-order valence-corrected chi connectivity index (χ1v) is 6.28. The van der Waals surface area contributed by atoms with Crippen LogP contribution in [0.1, 0.15) is 4.88 Å². The SMILES string of the molecule is Nc1c(Br)cnn1Cc1ccc(Br)s1. The summed E-state index contributed by atoms with van der Waals surface area (Å²) in [4.78, 5) is 1.22. The van der Waals surface area contributed by atoms with Gasteiger partial charge in [-0.3, -0.25) is 0 Å². The van der Waals surface area contributed by atoms with E-state index in [9.17, 15) is 0 Å². The Morgan fingerprint density at radius 3 is 2.71 bits per heavy atom. The molecule has 0 fully saturated rings. The molecule has 0 aromatic carbocycles. The van der Waals surface area contributed by atoms with Crippen LogP contribution in [0.4, 0.5) is 5.82 Å². The Morgan fingerprint density at radius 2 is 2.21 bits per heavy atom. The Kier molecular flexibility index (Phi) is 2.94. The molecule has 2 heterocycles. The Bertz CT molecular complexity index is 449. The second-order valence-corrected chi connectivity index (χ2v) is 6.14. The number of halogens is 2. The fourth-order valence-corrected chi connectivity index (χ4v) is 2.84. The van der Waals surface area contributed by atoms with Gasteiger partial charge in [-0.25, -0.2) is 4.68 Å². The molecule has 6 heteroatoms. The van der Waals surface area contributed by atoms with Crippen LogP contribution in [0, 0.1) is 0 Å². The van der Waals surface area contributed by atoms with Crippen LogP contribution in [-0.2, 0) is 6.54 Å². The van der Waals surface area contributed by atoms with E-state index in [-0.39, 0.29) is 0 Å². The van der Waals surface area contributed by atoms with Crippen LogP contribution in [-0.4, -0.2) is 9.78 Å². The average Bonchev–Trinajstić information content (AvgIpc) is 2.67. The molecule has 2 aromatic heterocycles. The summed E-state index contributed by atoms with van der Waals surface area (Å²) >= 11 is 8.42. The lowest BCUT2D eigenvalue weighted by molar-refractivity contribution is 0.705. The lowest BCUT2D eigenvalue weighted by Gasteiger charge is -2.00. The summed E-state index contributed by atoms with van der Waals surface area (Å²) in [5.41, 5.74) is 5.80. The minimum Gasteiger partial charge on any atom is -0.383 e. The number of hydrogen-bond acceptors (Lipinski definition) is 3. The van der Waals surface area contributed by atoms with Gasteiger partial charge < -0.3 is 5.73 Å². The van der Waals surface area contributed by atoms with Gasteiger partial charge in [-0.05, 0) is 44.0 Å². The summed E-state index contributed by atoms with van der Waals surface area (Å²) in [6.45, 7) is 0.716. The van der Waals surface area contributed by atoms with Gasteiger partial charge in [0.05, 0.1) is 21.0 Å². The van der Waals surface area contributed by atoms with E-state index in [1.165, 1.54) is 4.88 Å². The summed E-state index contributed by atoms with van der Waals surface area (Å²) < 4.78 is 3.73. The molecular weight excluding hydrogens is 330 g/mol. The van der Waals surface area contributed by atoms with Crippen LogP contribution >= 0.6 is 43.2 Å². The van der Waals surface area contributed by atoms with Crippen LogP contribution in [0.25, 0.3) is 0 Å². The van der Waals surface area contributed by atoms with E-state index in [0.29, 0.717) is 12.4 Å². The monoisotopic (exact) mass is 335 g/mol. The van der Waals surface area contributed by atoms with Crippen molar-refractivity contribution in [1.82, 2.24) is 9.78 Å². The first kappa shape index (κ1) is 10.2. The van der Waals surface area contributed by atoms with E-state index in [4.69, 9.17) is 5.73 Å². The predicted octanol–water partition coefficient (Wildman–Crippen LogP) is 3.10. The first-order chi connectivity index (χ1) is 6.66. The molecule has 0 aliphatic heterocycles. The maximum absolute atomic E-state index is 5.80. The highest BCUT2D eigenvalue weighted by Crippen LogP contribution is 2.25. The van der Waals surface area contributed by atoms with Crippen molar-refractivity contribution in [2.75, 3.05) is 5.73 Å². The summed E-state index contributed by atoms with van der Waals surface area (Å²) in [5.74, 6) is 0.662. The van der Waals surface area contributed by atoms with Crippen molar-refractivity contribution in [3.8, 4) is 0 Å². The molecule has 2 aromatic rings. The number of thiophene rings is 1. The molecule has 0 aliphatic rings. The third kappa shape index (κ3) is 2.02. The molecule has 0 amide bonds. The van der Waals surface area contributed by atoms with Gasteiger partial charge in [0.25, 0.3) is 0 Å². The normalized spacial score (nSPS) is 10.7. The summed E-state index contributed by atoms with van der Waals surface area (Å²) in [7, 11) is 0. The lowest BCUT2D eigenvalue weighted by atomic mass is 10.5. The van der Waals surface area contributed by atoms with Crippen molar-refractivity contribution in [1.29, 1.82) is 0 Å². The Hall–Kier alpha value is -0.330. The number of rotatable bonds is 2. The number of anilines is 1. The quantitative estimate of drug-likeness (QED) is 0.915. The molecule has 0 bridgehead atoms. The zero-order valence-corrected chi connectivity index (χ0v) is 11.1. The van der Waals surface area contributed by atoms with Crippen LogP contribution in [0.3, 0.4) is 0 Å². The topological polar surface area (TPSA) is 43.8 Å². The highest BCUT2D eigenvalue weighted by molar-refractivity contribution is 9.11. The largest absolute Gasteiger partial charge is 0.383 e. The number of nitrogens with zero attached hydrogens (tertiary/aromatic N) is 2. The van der Waals surface area contributed by atoms with E-state index < -0.39 is 0 Å². The van der Waals surface area contributed by atoms with Crippen LogP contribution < -0.4 is 5.73 Å². The van der Waals surface area contributed by atoms with Crippen LogP contribution in [0.5, 0.6) is 0 Å². The molecule has 3 nitrogen and oxygen atoms in total. The Labute approximate surface area is 102 Å². The molecule has 2 N–H and O–H groups in total. The molecule has 74 valence electrons. The molecule has 0 saturated heterocycles. The molecule has 0 radical (unpaired) electrons. The Morgan fingerprint density at radius 1 is 1.43 bits per heavy atom. The van der Waals surface area contributed by atoms with Gasteiger partial charge in [0.15, 0.2) is 0 Å². The fraction of sp³-hybridized carbons (Fsp3) is 0.125.